The highest BCUT2D eigenvalue weighted by molar-refractivity contribution is 14.0. The van der Waals surface area contributed by atoms with Crippen LogP contribution in [0.15, 0.2) is 23.2 Å². The monoisotopic (exact) mass is 457 g/mol. The fourth-order valence-electron chi connectivity index (χ4n) is 1.79. The van der Waals surface area contributed by atoms with E-state index in [0.717, 1.165) is 5.56 Å². The van der Waals surface area contributed by atoms with Crippen LogP contribution in [0.3, 0.4) is 0 Å². The molecule has 23 heavy (non-hydrogen) atoms. The number of aliphatic imine (C=N–C) groups is 1. The van der Waals surface area contributed by atoms with Crippen molar-refractivity contribution < 1.29 is 12.8 Å². The van der Waals surface area contributed by atoms with Crippen LogP contribution < -0.4 is 10.6 Å². The van der Waals surface area contributed by atoms with E-state index in [9.17, 15) is 12.8 Å². The van der Waals surface area contributed by atoms with Crippen LogP contribution >= 0.6 is 24.0 Å². The zero-order valence-corrected chi connectivity index (χ0v) is 16.9. The third-order valence-electron chi connectivity index (χ3n) is 3.13. The quantitative estimate of drug-likeness (QED) is 0.375. The number of sulfone groups is 1. The lowest BCUT2D eigenvalue weighted by Crippen LogP contribution is -2.39. The summed E-state index contributed by atoms with van der Waals surface area (Å²) in [7, 11) is -2.99. The van der Waals surface area contributed by atoms with Crippen molar-refractivity contribution in [2.45, 2.75) is 27.3 Å². The van der Waals surface area contributed by atoms with E-state index >= 15 is 0 Å². The van der Waals surface area contributed by atoms with Crippen molar-refractivity contribution >= 4 is 39.8 Å². The maximum atomic E-state index is 13.2. The molecule has 0 saturated heterocycles. The van der Waals surface area contributed by atoms with Gasteiger partial charge in [-0.1, -0.05) is 19.1 Å². The topological polar surface area (TPSA) is 70.6 Å². The fourth-order valence-corrected chi connectivity index (χ4v) is 2.49. The lowest BCUT2D eigenvalue weighted by molar-refractivity contribution is 0.595. The molecule has 132 valence electrons. The highest BCUT2D eigenvalue weighted by Crippen LogP contribution is 2.09. The van der Waals surface area contributed by atoms with Crippen molar-refractivity contribution in [3.8, 4) is 0 Å². The maximum absolute atomic E-state index is 13.2. The molecule has 0 unspecified atom stereocenters. The zero-order valence-electron chi connectivity index (χ0n) is 13.7. The Bertz CT molecular complexity index is 621. The number of nitrogens with zero attached hydrogens (tertiary/aromatic N) is 1. The first-order chi connectivity index (χ1) is 10.4. The molecule has 0 saturated carbocycles. The summed E-state index contributed by atoms with van der Waals surface area (Å²) in [6.07, 6.45) is 0. The van der Waals surface area contributed by atoms with Crippen LogP contribution in [0.5, 0.6) is 0 Å². The molecule has 0 radical (unpaired) electrons. The molecule has 0 aromatic heterocycles. The van der Waals surface area contributed by atoms with Gasteiger partial charge in [-0.3, -0.25) is 0 Å². The van der Waals surface area contributed by atoms with Crippen LogP contribution in [0, 0.1) is 12.7 Å². The predicted octanol–water partition coefficient (Wildman–Crippen LogP) is 2.24. The SMILES string of the molecule is CCNC(=NCc1ccc(F)c(C)c1)NCCS(=O)(=O)CC.I. The van der Waals surface area contributed by atoms with E-state index in [-0.39, 0.29) is 41.3 Å². The van der Waals surface area contributed by atoms with Crippen molar-refractivity contribution in [1.29, 1.82) is 0 Å². The second kappa shape index (κ2) is 10.8. The minimum absolute atomic E-state index is 0. The smallest absolute Gasteiger partial charge is 0.191 e. The standard InChI is InChI=1S/C15H24FN3O2S.HI/c1-4-17-15(18-8-9-22(20,21)5-2)19-11-13-6-7-14(16)12(3)10-13;/h6-7,10H,4-5,8-9,11H2,1-3H3,(H2,17,18,19);1H. The molecule has 1 rings (SSSR count). The molecule has 1 aromatic carbocycles. The summed E-state index contributed by atoms with van der Waals surface area (Å²) < 4.78 is 36.1. The first kappa shape index (κ1) is 22.1. The number of guanidine groups is 1. The summed E-state index contributed by atoms with van der Waals surface area (Å²) in [5.41, 5.74) is 1.48. The Morgan fingerprint density at radius 2 is 1.96 bits per heavy atom. The van der Waals surface area contributed by atoms with Crippen molar-refractivity contribution in [2.24, 2.45) is 4.99 Å². The van der Waals surface area contributed by atoms with Gasteiger partial charge in [-0.15, -0.1) is 24.0 Å². The summed E-state index contributed by atoms with van der Waals surface area (Å²) in [6, 6.07) is 4.87. The van der Waals surface area contributed by atoms with E-state index in [1.807, 2.05) is 6.92 Å². The molecular weight excluding hydrogens is 432 g/mol. The molecule has 0 fully saturated rings. The summed E-state index contributed by atoms with van der Waals surface area (Å²) in [6.45, 7) is 6.66. The highest BCUT2D eigenvalue weighted by atomic mass is 127. The number of halogens is 2. The molecule has 0 heterocycles. The molecule has 0 aliphatic heterocycles. The Morgan fingerprint density at radius 3 is 2.52 bits per heavy atom. The van der Waals surface area contributed by atoms with Gasteiger partial charge < -0.3 is 10.6 Å². The van der Waals surface area contributed by atoms with Gasteiger partial charge >= 0.3 is 0 Å². The highest BCUT2D eigenvalue weighted by Gasteiger charge is 2.07. The van der Waals surface area contributed by atoms with Crippen molar-refractivity contribution in [3.63, 3.8) is 0 Å². The van der Waals surface area contributed by atoms with Gasteiger partial charge in [0.25, 0.3) is 0 Å². The molecule has 5 nitrogen and oxygen atoms in total. The Balaban J connectivity index is 0.00000484. The van der Waals surface area contributed by atoms with E-state index in [4.69, 9.17) is 0 Å². The van der Waals surface area contributed by atoms with Crippen LogP contribution in [0.1, 0.15) is 25.0 Å². The van der Waals surface area contributed by atoms with Gasteiger partial charge in [0.2, 0.25) is 0 Å². The molecule has 8 heteroatoms. The predicted molar refractivity (Wildman–Crippen MR) is 104 cm³/mol. The minimum Gasteiger partial charge on any atom is -0.357 e. The molecular formula is C15H25FIN3O2S. The summed E-state index contributed by atoms with van der Waals surface area (Å²) in [5.74, 6) is 0.527. The minimum atomic E-state index is -2.99. The van der Waals surface area contributed by atoms with Crippen LogP contribution in [0.25, 0.3) is 0 Å². The maximum Gasteiger partial charge on any atom is 0.191 e. The van der Waals surface area contributed by atoms with Crippen LogP contribution in [-0.2, 0) is 16.4 Å². The number of rotatable bonds is 7. The summed E-state index contributed by atoms with van der Waals surface area (Å²) in [5, 5.41) is 6.05. The third-order valence-corrected chi connectivity index (χ3v) is 4.84. The Hall–Kier alpha value is -0.900. The first-order valence-electron chi connectivity index (χ1n) is 7.35. The lowest BCUT2D eigenvalue weighted by Gasteiger charge is -2.11. The van der Waals surface area contributed by atoms with Gasteiger partial charge in [-0.25, -0.2) is 17.8 Å². The zero-order chi connectivity index (χ0) is 16.6. The van der Waals surface area contributed by atoms with Crippen molar-refractivity contribution in [3.05, 3.63) is 35.1 Å². The first-order valence-corrected chi connectivity index (χ1v) is 9.17. The molecule has 1 aromatic rings. The molecule has 0 aliphatic carbocycles. The molecule has 0 bridgehead atoms. The molecule has 0 aliphatic rings. The van der Waals surface area contributed by atoms with Gasteiger partial charge in [-0.2, -0.15) is 0 Å². The fraction of sp³-hybridized carbons (Fsp3) is 0.533. The van der Waals surface area contributed by atoms with E-state index < -0.39 is 9.84 Å². The van der Waals surface area contributed by atoms with Gasteiger partial charge in [0.1, 0.15) is 5.82 Å². The number of benzene rings is 1. The molecule has 0 atom stereocenters. The van der Waals surface area contributed by atoms with Gasteiger partial charge in [0.05, 0.1) is 12.3 Å². The average Bonchev–Trinajstić information content (AvgIpc) is 2.48. The summed E-state index contributed by atoms with van der Waals surface area (Å²) >= 11 is 0. The lowest BCUT2D eigenvalue weighted by atomic mass is 10.1. The number of nitrogens with one attached hydrogen (secondary N) is 2. The molecule has 2 N–H and O–H groups in total. The largest absolute Gasteiger partial charge is 0.357 e. The van der Waals surface area contributed by atoms with E-state index in [2.05, 4.69) is 15.6 Å². The van der Waals surface area contributed by atoms with Crippen molar-refractivity contribution in [1.82, 2.24) is 10.6 Å². The molecule has 0 spiro atoms. The van der Waals surface area contributed by atoms with Crippen LogP contribution in [0.4, 0.5) is 4.39 Å². The summed E-state index contributed by atoms with van der Waals surface area (Å²) in [4.78, 5) is 4.38. The normalized spacial score (nSPS) is 11.7. The second-order valence-corrected chi connectivity index (χ2v) is 7.41. The van der Waals surface area contributed by atoms with Gasteiger partial charge in [-0.05, 0) is 31.0 Å². The number of hydrogen-bond donors (Lipinski definition) is 2. The number of hydrogen-bond acceptors (Lipinski definition) is 3. The van der Waals surface area contributed by atoms with Gasteiger partial charge in [0.15, 0.2) is 15.8 Å². The van der Waals surface area contributed by atoms with Crippen molar-refractivity contribution in [2.75, 3.05) is 24.6 Å². The van der Waals surface area contributed by atoms with Crippen LogP contribution in [0.2, 0.25) is 0 Å². The number of aryl methyl sites for hydroxylation is 1. The second-order valence-electron chi connectivity index (χ2n) is 4.94. The van der Waals surface area contributed by atoms with Gasteiger partial charge in [0, 0.05) is 18.8 Å². The van der Waals surface area contributed by atoms with Crippen LogP contribution in [-0.4, -0.2) is 39.0 Å². The Kier molecular flexibility index (Phi) is 10.4. The third kappa shape index (κ3) is 8.50. The molecule has 0 amide bonds. The van der Waals surface area contributed by atoms with E-state index in [1.165, 1.54) is 6.07 Å². The Morgan fingerprint density at radius 1 is 1.26 bits per heavy atom. The van der Waals surface area contributed by atoms with E-state index in [1.54, 1.807) is 26.0 Å². The Labute approximate surface area is 155 Å². The van der Waals surface area contributed by atoms with E-state index in [0.29, 0.717) is 31.2 Å². The average molecular weight is 457 g/mol.